The molecule has 0 bridgehead atoms. The molecular weight excluding hydrogens is 394 g/mol. The van der Waals surface area contributed by atoms with Crippen molar-refractivity contribution in [1.82, 2.24) is 0 Å². The van der Waals surface area contributed by atoms with Gasteiger partial charge in [0.15, 0.2) is 0 Å². The van der Waals surface area contributed by atoms with E-state index in [1.165, 1.54) is 12.1 Å². The minimum Gasteiger partial charge on any atom is -0.325 e. The van der Waals surface area contributed by atoms with Gasteiger partial charge in [0.05, 0.1) is 17.7 Å². The van der Waals surface area contributed by atoms with E-state index < -0.39 is 11.7 Å². The maximum atomic E-state index is 12.4. The number of nitrogens with one attached hydrogen (secondary N) is 1. The first-order valence-corrected chi connectivity index (χ1v) is 7.14. The van der Waals surface area contributed by atoms with Gasteiger partial charge in [-0.05, 0) is 52.4 Å². The van der Waals surface area contributed by atoms with Crippen LogP contribution in [0, 0.1) is 3.57 Å². The van der Waals surface area contributed by atoms with Crippen molar-refractivity contribution < 1.29 is 18.0 Å². The minimum atomic E-state index is -4.36. The molecule has 0 aromatic heterocycles. The zero-order valence-corrected chi connectivity index (χ0v) is 12.9. The van der Waals surface area contributed by atoms with Crippen molar-refractivity contribution in [3.8, 4) is 0 Å². The van der Waals surface area contributed by atoms with E-state index >= 15 is 0 Å². The number of hydrogen-bond acceptors (Lipinski definition) is 1. The summed E-state index contributed by atoms with van der Waals surface area (Å²) in [5.74, 6) is -0.265. The predicted molar refractivity (Wildman–Crippen MR) is 82.9 cm³/mol. The molecular formula is C15H11F3INO. The number of alkyl halides is 3. The van der Waals surface area contributed by atoms with Gasteiger partial charge >= 0.3 is 6.18 Å². The summed E-state index contributed by atoms with van der Waals surface area (Å²) in [6.07, 6.45) is -4.33. The Hall–Kier alpha value is -1.57. The molecule has 1 amide bonds. The number of halogens is 4. The fraction of sp³-hybridized carbons (Fsp3) is 0.133. The van der Waals surface area contributed by atoms with Crippen LogP contribution in [-0.4, -0.2) is 5.91 Å². The first-order valence-electron chi connectivity index (χ1n) is 6.07. The maximum Gasteiger partial charge on any atom is 0.416 e. The van der Waals surface area contributed by atoms with E-state index in [1.807, 2.05) is 12.1 Å². The normalized spacial score (nSPS) is 11.2. The average Bonchev–Trinajstić information content (AvgIpc) is 2.41. The van der Waals surface area contributed by atoms with Crippen LogP contribution in [0.1, 0.15) is 11.1 Å². The van der Waals surface area contributed by atoms with Crippen LogP contribution in [0.2, 0.25) is 0 Å². The molecule has 2 nitrogen and oxygen atoms in total. The molecule has 0 atom stereocenters. The lowest BCUT2D eigenvalue weighted by Crippen LogP contribution is -2.15. The summed E-state index contributed by atoms with van der Waals surface area (Å²) in [5, 5.41) is 2.73. The summed E-state index contributed by atoms with van der Waals surface area (Å²) in [6, 6.07) is 11.9. The molecule has 2 aromatic carbocycles. The van der Waals surface area contributed by atoms with E-state index in [0.29, 0.717) is 11.3 Å². The lowest BCUT2D eigenvalue weighted by Gasteiger charge is -2.09. The third kappa shape index (κ3) is 4.45. The maximum absolute atomic E-state index is 12.4. The van der Waals surface area contributed by atoms with E-state index in [-0.39, 0.29) is 12.3 Å². The van der Waals surface area contributed by atoms with Crippen molar-refractivity contribution in [2.24, 2.45) is 0 Å². The number of para-hydroxylation sites is 1. The molecule has 0 aliphatic rings. The highest BCUT2D eigenvalue weighted by Crippen LogP contribution is 2.29. The second kappa shape index (κ2) is 6.46. The van der Waals surface area contributed by atoms with Crippen molar-refractivity contribution in [2.75, 3.05) is 5.32 Å². The van der Waals surface area contributed by atoms with Crippen molar-refractivity contribution >= 4 is 34.2 Å². The van der Waals surface area contributed by atoms with Gasteiger partial charge in [0.25, 0.3) is 0 Å². The van der Waals surface area contributed by atoms with Crippen LogP contribution in [0.4, 0.5) is 18.9 Å². The lowest BCUT2D eigenvalue weighted by molar-refractivity contribution is -0.137. The molecule has 1 N–H and O–H groups in total. The average molecular weight is 405 g/mol. The number of carbonyl (C=O) groups is 1. The largest absolute Gasteiger partial charge is 0.416 e. The number of benzene rings is 2. The topological polar surface area (TPSA) is 29.1 Å². The quantitative estimate of drug-likeness (QED) is 0.750. The molecule has 0 saturated carbocycles. The number of amides is 1. The summed E-state index contributed by atoms with van der Waals surface area (Å²) in [6.45, 7) is 0. The smallest absolute Gasteiger partial charge is 0.325 e. The van der Waals surface area contributed by atoms with E-state index in [4.69, 9.17) is 0 Å². The van der Waals surface area contributed by atoms with Crippen LogP contribution < -0.4 is 5.32 Å². The van der Waals surface area contributed by atoms with E-state index in [2.05, 4.69) is 27.9 Å². The highest BCUT2D eigenvalue weighted by atomic mass is 127. The van der Waals surface area contributed by atoms with Crippen molar-refractivity contribution in [3.63, 3.8) is 0 Å². The molecule has 0 unspecified atom stereocenters. The standard InChI is InChI=1S/C15H11F3INO/c16-15(17,18)11-7-5-10(6-8-11)9-14(21)20-13-4-2-1-3-12(13)19/h1-8H,9H2,(H,20,21). The Labute approximate surface area is 133 Å². The zero-order chi connectivity index (χ0) is 15.5. The third-order valence-electron chi connectivity index (χ3n) is 2.79. The fourth-order valence-electron chi connectivity index (χ4n) is 1.75. The summed E-state index contributed by atoms with van der Waals surface area (Å²) < 4.78 is 38.2. The Morgan fingerprint density at radius 2 is 1.67 bits per heavy atom. The molecule has 21 heavy (non-hydrogen) atoms. The Morgan fingerprint density at radius 1 is 1.05 bits per heavy atom. The molecule has 2 aromatic rings. The first kappa shape index (κ1) is 15.8. The number of hydrogen-bond donors (Lipinski definition) is 1. The van der Waals surface area contributed by atoms with Crippen LogP contribution in [0.5, 0.6) is 0 Å². The monoisotopic (exact) mass is 405 g/mol. The fourth-order valence-corrected chi connectivity index (χ4v) is 2.28. The molecule has 0 saturated heterocycles. The molecule has 2 rings (SSSR count). The first-order chi connectivity index (χ1) is 9.86. The molecule has 0 aliphatic heterocycles. The van der Waals surface area contributed by atoms with Crippen LogP contribution in [0.15, 0.2) is 48.5 Å². The van der Waals surface area contributed by atoms with Crippen molar-refractivity contribution in [1.29, 1.82) is 0 Å². The lowest BCUT2D eigenvalue weighted by atomic mass is 10.1. The van der Waals surface area contributed by atoms with Gasteiger partial charge in [-0.15, -0.1) is 0 Å². The SMILES string of the molecule is O=C(Cc1ccc(C(F)(F)F)cc1)Nc1ccccc1I. The van der Waals surface area contributed by atoms with Gasteiger partial charge in [0, 0.05) is 3.57 Å². The van der Waals surface area contributed by atoms with E-state index in [1.54, 1.807) is 12.1 Å². The molecule has 0 heterocycles. The number of carbonyl (C=O) groups excluding carboxylic acids is 1. The molecule has 0 radical (unpaired) electrons. The summed E-state index contributed by atoms with van der Waals surface area (Å²) >= 11 is 2.10. The van der Waals surface area contributed by atoms with Gasteiger partial charge in [-0.1, -0.05) is 24.3 Å². The molecule has 0 spiro atoms. The third-order valence-corrected chi connectivity index (χ3v) is 3.73. The van der Waals surface area contributed by atoms with E-state index in [9.17, 15) is 18.0 Å². The summed E-state index contributed by atoms with van der Waals surface area (Å²) in [7, 11) is 0. The van der Waals surface area contributed by atoms with Gasteiger partial charge in [0.2, 0.25) is 5.91 Å². The highest BCUT2D eigenvalue weighted by molar-refractivity contribution is 14.1. The van der Waals surface area contributed by atoms with Gasteiger partial charge in [-0.3, -0.25) is 4.79 Å². The summed E-state index contributed by atoms with van der Waals surface area (Å²) in [5.41, 5.74) is 0.505. The van der Waals surface area contributed by atoms with Crippen molar-refractivity contribution in [3.05, 3.63) is 63.2 Å². The highest BCUT2D eigenvalue weighted by Gasteiger charge is 2.29. The second-order valence-corrected chi connectivity index (χ2v) is 5.56. The molecule has 0 fully saturated rings. The Bertz CT molecular complexity index is 638. The zero-order valence-electron chi connectivity index (χ0n) is 10.7. The van der Waals surface area contributed by atoms with Crippen LogP contribution in [0.25, 0.3) is 0 Å². The number of anilines is 1. The summed E-state index contributed by atoms with van der Waals surface area (Å²) in [4.78, 5) is 11.9. The van der Waals surface area contributed by atoms with E-state index in [0.717, 1.165) is 15.7 Å². The second-order valence-electron chi connectivity index (χ2n) is 4.40. The Morgan fingerprint density at radius 3 is 2.24 bits per heavy atom. The van der Waals surface area contributed by atoms with Crippen LogP contribution in [-0.2, 0) is 17.4 Å². The van der Waals surface area contributed by atoms with Gasteiger partial charge in [0.1, 0.15) is 0 Å². The van der Waals surface area contributed by atoms with Gasteiger partial charge in [-0.2, -0.15) is 13.2 Å². The van der Waals surface area contributed by atoms with Gasteiger partial charge in [-0.25, -0.2) is 0 Å². The van der Waals surface area contributed by atoms with Crippen LogP contribution in [0.3, 0.4) is 0 Å². The molecule has 6 heteroatoms. The predicted octanol–water partition coefficient (Wildman–Crippen LogP) is 4.49. The Balaban J connectivity index is 2.02. The number of rotatable bonds is 3. The molecule has 0 aliphatic carbocycles. The molecule has 110 valence electrons. The van der Waals surface area contributed by atoms with Crippen LogP contribution >= 0.6 is 22.6 Å². The van der Waals surface area contributed by atoms with Crippen molar-refractivity contribution in [2.45, 2.75) is 12.6 Å². The minimum absolute atomic E-state index is 0.0309. The Kier molecular flexibility index (Phi) is 4.87. The van der Waals surface area contributed by atoms with Gasteiger partial charge < -0.3 is 5.32 Å².